The number of halogens is 2. The van der Waals surface area contributed by atoms with Gasteiger partial charge < -0.3 is 10.4 Å². The average molecular weight is 347 g/mol. The lowest BCUT2D eigenvalue weighted by Crippen LogP contribution is -2.21. The summed E-state index contributed by atoms with van der Waals surface area (Å²) in [5, 5.41) is 12.3. The number of carboxylic acids is 1. The highest BCUT2D eigenvalue weighted by molar-refractivity contribution is 9.10. The van der Waals surface area contributed by atoms with E-state index in [4.69, 9.17) is 16.7 Å². The van der Waals surface area contributed by atoms with Gasteiger partial charge in [-0.05, 0) is 53.4 Å². The number of benzene rings is 1. The highest BCUT2D eigenvalue weighted by Gasteiger charge is 2.33. The van der Waals surface area contributed by atoms with Gasteiger partial charge in [-0.25, -0.2) is 0 Å². The summed E-state index contributed by atoms with van der Waals surface area (Å²) in [4.78, 5) is 22.9. The van der Waals surface area contributed by atoms with Crippen molar-refractivity contribution in [2.24, 2.45) is 11.8 Å². The molecule has 1 aromatic carbocycles. The van der Waals surface area contributed by atoms with E-state index in [2.05, 4.69) is 21.2 Å². The fourth-order valence-corrected chi connectivity index (χ4v) is 2.79. The maximum atomic E-state index is 12.1. The molecule has 1 saturated carbocycles. The number of aliphatic carboxylic acids is 1. The molecule has 1 aromatic rings. The Morgan fingerprint density at radius 1 is 1.32 bits per heavy atom. The summed E-state index contributed by atoms with van der Waals surface area (Å²) in [5.41, 5.74) is 0.608. The van der Waals surface area contributed by atoms with Gasteiger partial charge in [-0.15, -0.1) is 0 Å². The summed E-state index contributed by atoms with van der Waals surface area (Å²) < 4.78 is 0.748. The number of hydrogen-bond donors (Lipinski definition) is 2. The van der Waals surface area contributed by atoms with E-state index in [1.807, 2.05) is 0 Å². The van der Waals surface area contributed by atoms with Gasteiger partial charge in [0.05, 0.1) is 11.6 Å². The van der Waals surface area contributed by atoms with Gasteiger partial charge in [-0.3, -0.25) is 9.59 Å². The van der Waals surface area contributed by atoms with Crippen LogP contribution in [-0.4, -0.2) is 17.0 Å². The number of anilines is 1. The Hall–Kier alpha value is -1.07. The van der Waals surface area contributed by atoms with E-state index in [9.17, 15) is 9.59 Å². The predicted molar refractivity (Wildman–Crippen MR) is 76.2 cm³/mol. The SMILES string of the molecule is O=C(O)[C@H]1CC[C@@H](C(=O)Nc2cc(Cl)ccc2Br)C1. The van der Waals surface area contributed by atoms with E-state index in [0.717, 1.165) is 4.47 Å². The Morgan fingerprint density at radius 2 is 2.00 bits per heavy atom. The Morgan fingerprint density at radius 3 is 2.63 bits per heavy atom. The van der Waals surface area contributed by atoms with Gasteiger partial charge in [0, 0.05) is 15.4 Å². The Balaban J connectivity index is 2.02. The Bertz CT molecular complexity index is 521. The van der Waals surface area contributed by atoms with E-state index in [0.29, 0.717) is 30.0 Å². The number of hydrogen-bond acceptors (Lipinski definition) is 2. The normalized spacial score (nSPS) is 22.2. The lowest BCUT2D eigenvalue weighted by Gasteiger charge is -2.12. The van der Waals surface area contributed by atoms with Crippen LogP contribution in [0.25, 0.3) is 0 Å². The molecule has 102 valence electrons. The van der Waals surface area contributed by atoms with Gasteiger partial charge in [-0.2, -0.15) is 0 Å². The third-order valence-electron chi connectivity index (χ3n) is 3.34. The van der Waals surface area contributed by atoms with Gasteiger partial charge in [0.2, 0.25) is 5.91 Å². The van der Waals surface area contributed by atoms with E-state index in [-0.39, 0.29) is 11.8 Å². The van der Waals surface area contributed by atoms with Crippen molar-refractivity contribution < 1.29 is 14.7 Å². The zero-order valence-electron chi connectivity index (χ0n) is 10.0. The van der Waals surface area contributed by atoms with Crippen LogP contribution in [0.4, 0.5) is 5.69 Å². The summed E-state index contributed by atoms with van der Waals surface area (Å²) >= 11 is 9.21. The van der Waals surface area contributed by atoms with Crippen molar-refractivity contribution in [3.05, 3.63) is 27.7 Å². The molecule has 2 atom stereocenters. The number of rotatable bonds is 3. The van der Waals surface area contributed by atoms with Crippen LogP contribution in [0.3, 0.4) is 0 Å². The fourth-order valence-electron chi connectivity index (χ4n) is 2.27. The second-order valence-electron chi connectivity index (χ2n) is 4.66. The standard InChI is InChI=1S/C13H13BrClNO3/c14-10-4-3-9(15)6-11(10)16-12(17)7-1-2-8(5-7)13(18)19/h3-4,6-8H,1-2,5H2,(H,16,17)(H,18,19)/t7-,8+/m1/s1. The molecular formula is C13H13BrClNO3. The van der Waals surface area contributed by atoms with Gasteiger partial charge >= 0.3 is 5.97 Å². The minimum absolute atomic E-state index is 0.147. The topological polar surface area (TPSA) is 66.4 Å². The lowest BCUT2D eigenvalue weighted by molar-refractivity contribution is -0.141. The number of carbonyl (C=O) groups is 2. The summed E-state index contributed by atoms with van der Waals surface area (Å²) in [6.07, 6.45) is 1.57. The third kappa shape index (κ3) is 3.48. The number of nitrogens with one attached hydrogen (secondary N) is 1. The van der Waals surface area contributed by atoms with Crippen LogP contribution in [0.15, 0.2) is 22.7 Å². The molecule has 0 spiro atoms. The summed E-state index contributed by atoms with van der Waals surface area (Å²) in [6, 6.07) is 5.14. The smallest absolute Gasteiger partial charge is 0.306 e. The first-order valence-corrected chi connectivity index (χ1v) is 7.13. The summed E-state index contributed by atoms with van der Waals surface area (Å²) in [5.74, 6) is -1.61. The molecule has 0 unspecified atom stereocenters. The van der Waals surface area contributed by atoms with Crippen LogP contribution in [0.2, 0.25) is 5.02 Å². The maximum Gasteiger partial charge on any atom is 0.306 e. The molecule has 0 aliphatic heterocycles. The fraction of sp³-hybridized carbons (Fsp3) is 0.385. The molecule has 1 amide bonds. The van der Waals surface area contributed by atoms with E-state index in [1.165, 1.54) is 0 Å². The van der Waals surface area contributed by atoms with Crippen molar-refractivity contribution in [2.45, 2.75) is 19.3 Å². The summed E-state index contributed by atoms with van der Waals surface area (Å²) in [7, 11) is 0. The molecule has 4 nitrogen and oxygen atoms in total. The van der Waals surface area contributed by atoms with Crippen LogP contribution < -0.4 is 5.32 Å². The number of amides is 1. The van der Waals surface area contributed by atoms with Crippen molar-refractivity contribution in [3.8, 4) is 0 Å². The second kappa shape index (κ2) is 5.92. The molecule has 2 rings (SSSR count). The first-order chi connectivity index (χ1) is 8.97. The molecule has 1 aliphatic rings. The average Bonchev–Trinajstić information content (AvgIpc) is 2.83. The zero-order valence-corrected chi connectivity index (χ0v) is 12.4. The van der Waals surface area contributed by atoms with Crippen LogP contribution in [0.5, 0.6) is 0 Å². The summed E-state index contributed by atoms with van der Waals surface area (Å²) in [6.45, 7) is 0. The third-order valence-corrected chi connectivity index (χ3v) is 4.27. The highest BCUT2D eigenvalue weighted by Crippen LogP contribution is 2.33. The molecule has 0 radical (unpaired) electrons. The van der Waals surface area contributed by atoms with E-state index < -0.39 is 11.9 Å². The van der Waals surface area contributed by atoms with Crippen LogP contribution in [0, 0.1) is 11.8 Å². The van der Waals surface area contributed by atoms with Crippen molar-refractivity contribution in [2.75, 3.05) is 5.32 Å². The largest absolute Gasteiger partial charge is 0.481 e. The van der Waals surface area contributed by atoms with Crippen molar-refractivity contribution in [1.82, 2.24) is 0 Å². The number of carboxylic acid groups (broad SMARTS) is 1. The lowest BCUT2D eigenvalue weighted by atomic mass is 10.0. The van der Waals surface area contributed by atoms with Crippen molar-refractivity contribution in [3.63, 3.8) is 0 Å². The molecule has 0 aromatic heterocycles. The zero-order chi connectivity index (χ0) is 14.0. The highest BCUT2D eigenvalue weighted by atomic mass is 79.9. The first-order valence-electron chi connectivity index (χ1n) is 5.96. The maximum absolute atomic E-state index is 12.1. The van der Waals surface area contributed by atoms with Crippen LogP contribution in [-0.2, 0) is 9.59 Å². The van der Waals surface area contributed by atoms with Gasteiger partial charge in [0.25, 0.3) is 0 Å². The van der Waals surface area contributed by atoms with E-state index >= 15 is 0 Å². The monoisotopic (exact) mass is 345 g/mol. The van der Waals surface area contributed by atoms with Gasteiger partial charge in [0.1, 0.15) is 0 Å². The first kappa shape index (κ1) is 14.3. The van der Waals surface area contributed by atoms with Gasteiger partial charge in [0.15, 0.2) is 0 Å². The van der Waals surface area contributed by atoms with Crippen molar-refractivity contribution in [1.29, 1.82) is 0 Å². The minimum atomic E-state index is -0.820. The molecular weight excluding hydrogens is 334 g/mol. The van der Waals surface area contributed by atoms with Crippen LogP contribution in [0.1, 0.15) is 19.3 Å². The Labute approximate surface area is 124 Å². The molecule has 0 heterocycles. The number of carbonyl (C=O) groups excluding carboxylic acids is 1. The molecule has 6 heteroatoms. The van der Waals surface area contributed by atoms with Crippen LogP contribution >= 0.6 is 27.5 Å². The molecule has 1 aliphatic carbocycles. The van der Waals surface area contributed by atoms with Gasteiger partial charge in [-0.1, -0.05) is 11.6 Å². The molecule has 2 N–H and O–H groups in total. The second-order valence-corrected chi connectivity index (χ2v) is 5.95. The minimum Gasteiger partial charge on any atom is -0.481 e. The molecule has 19 heavy (non-hydrogen) atoms. The quantitative estimate of drug-likeness (QED) is 0.879. The molecule has 0 saturated heterocycles. The Kier molecular flexibility index (Phi) is 4.47. The molecule has 1 fully saturated rings. The molecule has 0 bridgehead atoms. The van der Waals surface area contributed by atoms with E-state index in [1.54, 1.807) is 18.2 Å². The van der Waals surface area contributed by atoms with Crippen molar-refractivity contribution >= 4 is 45.1 Å². The predicted octanol–water partition coefficient (Wildman–Crippen LogP) is 3.54.